The lowest BCUT2D eigenvalue weighted by atomic mass is 9.98. The van der Waals surface area contributed by atoms with Gasteiger partial charge in [-0.3, -0.25) is 0 Å². The lowest BCUT2D eigenvalue weighted by Gasteiger charge is -2.20. The molecule has 0 aromatic heterocycles. The molecule has 2 rings (SSSR count). The molecule has 1 N–H and O–H groups in total. The molecule has 2 aromatic rings. The zero-order chi connectivity index (χ0) is 13.8. The first-order valence-corrected chi connectivity index (χ1v) is 7.60. The van der Waals surface area contributed by atoms with Crippen LogP contribution in [-0.2, 0) is 0 Å². The van der Waals surface area contributed by atoms with E-state index in [2.05, 4.69) is 34.2 Å². The number of nitrogens with one attached hydrogen (secondary N) is 1. The largest absolute Gasteiger partial charge is 0.306 e. The smallest absolute Gasteiger partial charge is 0.0591 e. The molecule has 0 spiro atoms. The van der Waals surface area contributed by atoms with Gasteiger partial charge in [-0.15, -0.1) is 0 Å². The van der Waals surface area contributed by atoms with Crippen LogP contribution in [0.5, 0.6) is 0 Å². The molecular formula is C15H14BrCl2N. The van der Waals surface area contributed by atoms with Gasteiger partial charge in [0.25, 0.3) is 0 Å². The van der Waals surface area contributed by atoms with Crippen LogP contribution in [0, 0.1) is 0 Å². The van der Waals surface area contributed by atoms with Gasteiger partial charge in [-0.05, 0) is 41.9 Å². The Labute approximate surface area is 132 Å². The minimum Gasteiger partial charge on any atom is -0.306 e. The molecule has 0 saturated heterocycles. The standard InChI is InChI=1S/C15H14BrCl2N/c1-2-19-15(10-4-3-5-12(17)8-10)13-7-6-11(16)9-14(13)18/h3-9,15,19H,2H2,1H3. The fraction of sp³-hybridized carbons (Fsp3) is 0.200. The van der Waals surface area contributed by atoms with Gasteiger partial charge in [0.05, 0.1) is 6.04 Å². The highest BCUT2D eigenvalue weighted by atomic mass is 79.9. The Morgan fingerprint density at radius 3 is 2.58 bits per heavy atom. The summed E-state index contributed by atoms with van der Waals surface area (Å²) in [5.41, 5.74) is 2.16. The van der Waals surface area contributed by atoms with Gasteiger partial charge in [0.2, 0.25) is 0 Å². The molecule has 100 valence electrons. The van der Waals surface area contributed by atoms with Gasteiger partial charge >= 0.3 is 0 Å². The van der Waals surface area contributed by atoms with E-state index in [1.807, 2.05) is 36.4 Å². The summed E-state index contributed by atoms with van der Waals surface area (Å²) in [4.78, 5) is 0. The molecule has 4 heteroatoms. The summed E-state index contributed by atoms with van der Waals surface area (Å²) in [5.74, 6) is 0. The monoisotopic (exact) mass is 357 g/mol. The Morgan fingerprint density at radius 1 is 1.16 bits per heavy atom. The van der Waals surface area contributed by atoms with Crippen LogP contribution < -0.4 is 5.32 Å². The highest BCUT2D eigenvalue weighted by molar-refractivity contribution is 9.10. The lowest BCUT2D eigenvalue weighted by molar-refractivity contribution is 0.631. The SMILES string of the molecule is CCNC(c1cccc(Cl)c1)c1ccc(Br)cc1Cl. The molecule has 0 bridgehead atoms. The molecule has 0 radical (unpaired) electrons. The van der Waals surface area contributed by atoms with E-state index < -0.39 is 0 Å². The van der Waals surface area contributed by atoms with Crippen LogP contribution in [-0.4, -0.2) is 6.54 Å². The summed E-state index contributed by atoms with van der Waals surface area (Å²) in [6.07, 6.45) is 0. The molecule has 0 heterocycles. The highest BCUT2D eigenvalue weighted by Crippen LogP contribution is 2.31. The maximum Gasteiger partial charge on any atom is 0.0591 e. The minimum atomic E-state index is 0.0456. The molecule has 1 unspecified atom stereocenters. The third-order valence-electron chi connectivity index (χ3n) is 2.86. The van der Waals surface area contributed by atoms with Gasteiger partial charge in [0.1, 0.15) is 0 Å². The Morgan fingerprint density at radius 2 is 1.95 bits per heavy atom. The molecular weight excluding hydrogens is 345 g/mol. The van der Waals surface area contributed by atoms with Gasteiger partial charge in [0.15, 0.2) is 0 Å². The molecule has 0 aliphatic carbocycles. The van der Waals surface area contributed by atoms with Crippen molar-refractivity contribution < 1.29 is 0 Å². The van der Waals surface area contributed by atoms with E-state index in [4.69, 9.17) is 23.2 Å². The molecule has 1 nitrogen and oxygen atoms in total. The predicted molar refractivity (Wildman–Crippen MR) is 86.1 cm³/mol. The topological polar surface area (TPSA) is 12.0 Å². The number of hydrogen-bond acceptors (Lipinski definition) is 1. The summed E-state index contributed by atoms with van der Waals surface area (Å²) in [7, 11) is 0. The molecule has 19 heavy (non-hydrogen) atoms. The van der Waals surface area contributed by atoms with E-state index in [9.17, 15) is 0 Å². The van der Waals surface area contributed by atoms with Crippen LogP contribution in [0.4, 0.5) is 0 Å². The first kappa shape index (κ1) is 14.9. The fourth-order valence-corrected chi connectivity index (χ4v) is 3.01. The third kappa shape index (κ3) is 3.73. The molecule has 0 saturated carbocycles. The van der Waals surface area contributed by atoms with Crippen molar-refractivity contribution in [2.24, 2.45) is 0 Å². The quantitative estimate of drug-likeness (QED) is 0.765. The van der Waals surface area contributed by atoms with E-state index in [-0.39, 0.29) is 6.04 Å². The van der Waals surface area contributed by atoms with Crippen molar-refractivity contribution in [2.75, 3.05) is 6.54 Å². The second-order valence-electron chi connectivity index (χ2n) is 4.21. The summed E-state index contributed by atoms with van der Waals surface area (Å²) in [6, 6.07) is 13.8. The maximum absolute atomic E-state index is 6.35. The number of benzene rings is 2. The van der Waals surface area contributed by atoms with E-state index in [0.29, 0.717) is 0 Å². The van der Waals surface area contributed by atoms with Crippen molar-refractivity contribution in [3.8, 4) is 0 Å². The number of rotatable bonds is 4. The number of hydrogen-bond donors (Lipinski definition) is 1. The van der Waals surface area contributed by atoms with Crippen molar-refractivity contribution in [1.29, 1.82) is 0 Å². The highest BCUT2D eigenvalue weighted by Gasteiger charge is 2.16. The second-order valence-corrected chi connectivity index (χ2v) is 5.97. The summed E-state index contributed by atoms with van der Waals surface area (Å²) in [5, 5.41) is 4.91. The first-order valence-electron chi connectivity index (χ1n) is 6.05. The average molecular weight is 359 g/mol. The van der Waals surface area contributed by atoms with Crippen LogP contribution in [0.2, 0.25) is 10.0 Å². The van der Waals surface area contributed by atoms with Crippen LogP contribution in [0.15, 0.2) is 46.9 Å². The normalized spacial score (nSPS) is 12.4. The van der Waals surface area contributed by atoms with Crippen LogP contribution in [0.3, 0.4) is 0 Å². The first-order chi connectivity index (χ1) is 9.11. The fourth-order valence-electron chi connectivity index (χ4n) is 2.03. The summed E-state index contributed by atoms with van der Waals surface area (Å²) in [6.45, 7) is 2.92. The molecule has 1 atom stereocenters. The third-order valence-corrected chi connectivity index (χ3v) is 3.92. The van der Waals surface area contributed by atoms with E-state index in [1.54, 1.807) is 0 Å². The molecule has 0 fully saturated rings. The summed E-state index contributed by atoms with van der Waals surface area (Å²) >= 11 is 15.8. The minimum absolute atomic E-state index is 0.0456. The molecule has 0 aliphatic heterocycles. The van der Waals surface area contributed by atoms with Gasteiger partial charge in [-0.25, -0.2) is 0 Å². The van der Waals surface area contributed by atoms with Crippen molar-refractivity contribution >= 4 is 39.1 Å². The van der Waals surface area contributed by atoms with Crippen molar-refractivity contribution in [1.82, 2.24) is 5.32 Å². The van der Waals surface area contributed by atoms with E-state index in [0.717, 1.165) is 32.2 Å². The van der Waals surface area contributed by atoms with Gasteiger partial charge in [0, 0.05) is 14.5 Å². The summed E-state index contributed by atoms with van der Waals surface area (Å²) < 4.78 is 0.975. The molecule has 0 aliphatic rings. The van der Waals surface area contributed by atoms with Gasteiger partial charge < -0.3 is 5.32 Å². The maximum atomic E-state index is 6.35. The predicted octanol–water partition coefficient (Wildman–Crippen LogP) is 5.45. The Hall–Kier alpha value is -0.540. The average Bonchev–Trinajstić information content (AvgIpc) is 2.37. The van der Waals surface area contributed by atoms with Crippen LogP contribution in [0.25, 0.3) is 0 Å². The Kier molecular flexibility index (Phi) is 5.28. The van der Waals surface area contributed by atoms with Crippen LogP contribution in [0.1, 0.15) is 24.1 Å². The zero-order valence-electron chi connectivity index (χ0n) is 10.5. The van der Waals surface area contributed by atoms with Crippen molar-refractivity contribution in [2.45, 2.75) is 13.0 Å². The Bertz CT molecular complexity index is 572. The van der Waals surface area contributed by atoms with Crippen LogP contribution >= 0.6 is 39.1 Å². The zero-order valence-corrected chi connectivity index (χ0v) is 13.6. The van der Waals surface area contributed by atoms with E-state index >= 15 is 0 Å². The number of halogens is 3. The second kappa shape index (κ2) is 6.76. The Balaban J connectivity index is 2.45. The van der Waals surface area contributed by atoms with E-state index in [1.165, 1.54) is 0 Å². The lowest BCUT2D eigenvalue weighted by Crippen LogP contribution is -2.22. The van der Waals surface area contributed by atoms with Crippen molar-refractivity contribution in [3.63, 3.8) is 0 Å². The van der Waals surface area contributed by atoms with Gasteiger partial charge in [-0.2, -0.15) is 0 Å². The molecule has 2 aromatic carbocycles. The van der Waals surface area contributed by atoms with Crippen molar-refractivity contribution in [3.05, 3.63) is 68.1 Å². The van der Waals surface area contributed by atoms with Gasteiger partial charge in [-0.1, -0.05) is 64.3 Å². The molecule has 0 amide bonds.